The fourth-order valence-electron chi connectivity index (χ4n) is 1.73. The molecule has 0 fully saturated rings. The Labute approximate surface area is 99.8 Å². The summed E-state index contributed by atoms with van der Waals surface area (Å²) in [5.41, 5.74) is -1.26. The molecule has 6 heteroatoms. The molecule has 0 aliphatic heterocycles. The van der Waals surface area contributed by atoms with Gasteiger partial charge in [0.1, 0.15) is 0 Å². The predicted octanol–water partition coefficient (Wildman–Crippen LogP) is -1.02. The fraction of sp³-hybridized carbons (Fsp3) is 0.727. The molecule has 0 bridgehead atoms. The Morgan fingerprint density at radius 3 is 2.06 bits per heavy atom. The van der Waals surface area contributed by atoms with E-state index >= 15 is 0 Å². The van der Waals surface area contributed by atoms with Crippen molar-refractivity contribution in [3.05, 3.63) is 11.6 Å². The van der Waals surface area contributed by atoms with E-state index in [2.05, 4.69) is 0 Å². The van der Waals surface area contributed by atoms with Gasteiger partial charge in [0.25, 0.3) is 0 Å². The van der Waals surface area contributed by atoms with Gasteiger partial charge in [-0.25, -0.2) is 4.79 Å². The summed E-state index contributed by atoms with van der Waals surface area (Å²) >= 11 is 0. The van der Waals surface area contributed by atoms with E-state index in [9.17, 15) is 20.1 Å². The molecule has 0 saturated carbocycles. The van der Waals surface area contributed by atoms with Crippen molar-refractivity contribution in [2.75, 3.05) is 26.4 Å². The molecule has 0 heterocycles. The van der Waals surface area contributed by atoms with Crippen LogP contribution in [0.3, 0.4) is 0 Å². The maximum atomic E-state index is 10.7. The first-order valence-corrected chi connectivity index (χ1v) is 5.33. The third-order valence-electron chi connectivity index (χ3n) is 2.94. The zero-order valence-corrected chi connectivity index (χ0v) is 9.83. The SMILES string of the molecule is CC(=CC(CO)(CO)C(CO)CCO)C(=O)O. The summed E-state index contributed by atoms with van der Waals surface area (Å²) in [4.78, 5) is 10.7. The monoisotopic (exact) mass is 248 g/mol. The van der Waals surface area contributed by atoms with Gasteiger partial charge in [0.2, 0.25) is 0 Å². The highest BCUT2D eigenvalue weighted by Gasteiger charge is 2.36. The van der Waals surface area contributed by atoms with Crippen molar-refractivity contribution in [3.8, 4) is 0 Å². The molecule has 0 aromatic heterocycles. The second-order valence-corrected chi connectivity index (χ2v) is 4.07. The van der Waals surface area contributed by atoms with E-state index in [1.807, 2.05) is 0 Å². The molecule has 0 aromatic rings. The fourth-order valence-corrected chi connectivity index (χ4v) is 1.73. The first kappa shape index (κ1) is 16.1. The number of rotatable bonds is 8. The van der Waals surface area contributed by atoms with Crippen LogP contribution in [0.15, 0.2) is 11.6 Å². The second kappa shape index (κ2) is 7.39. The Bertz CT molecular complexity index is 269. The minimum atomic E-state index is -1.24. The molecule has 0 amide bonds. The van der Waals surface area contributed by atoms with E-state index in [4.69, 9.17) is 10.2 Å². The number of hydrogen-bond acceptors (Lipinski definition) is 5. The van der Waals surface area contributed by atoms with Crippen molar-refractivity contribution < 1.29 is 30.3 Å². The average molecular weight is 248 g/mol. The Morgan fingerprint density at radius 2 is 1.76 bits per heavy atom. The van der Waals surface area contributed by atoms with Crippen LogP contribution in [0.2, 0.25) is 0 Å². The van der Waals surface area contributed by atoms with Gasteiger partial charge >= 0.3 is 5.97 Å². The van der Waals surface area contributed by atoms with E-state index < -0.39 is 30.5 Å². The van der Waals surface area contributed by atoms with Crippen molar-refractivity contribution >= 4 is 5.97 Å². The molecule has 1 unspecified atom stereocenters. The molecule has 0 aromatic carbocycles. The van der Waals surface area contributed by atoms with Crippen LogP contribution >= 0.6 is 0 Å². The molecule has 0 spiro atoms. The standard InChI is InChI=1S/C11H20O6/c1-8(10(16)17)4-11(6-14,7-15)9(5-13)2-3-12/h4,9,12-15H,2-3,5-7H2,1H3,(H,16,17). The number of carboxylic acids is 1. The molecule has 0 aliphatic rings. The van der Waals surface area contributed by atoms with Gasteiger partial charge in [-0.2, -0.15) is 0 Å². The van der Waals surface area contributed by atoms with Gasteiger partial charge in [0.15, 0.2) is 0 Å². The Hall–Kier alpha value is -0.950. The number of hydrogen-bond donors (Lipinski definition) is 5. The number of aliphatic carboxylic acids is 1. The number of aliphatic hydroxyl groups excluding tert-OH is 4. The van der Waals surface area contributed by atoms with Gasteiger partial charge in [0.05, 0.1) is 13.2 Å². The van der Waals surface area contributed by atoms with Gasteiger partial charge in [-0.15, -0.1) is 0 Å². The summed E-state index contributed by atoms with van der Waals surface area (Å²) in [6.07, 6.45) is 1.41. The predicted molar refractivity (Wildman–Crippen MR) is 60.3 cm³/mol. The molecule has 0 rings (SSSR count). The first-order chi connectivity index (χ1) is 7.97. The quantitative estimate of drug-likeness (QED) is 0.351. The van der Waals surface area contributed by atoms with Crippen molar-refractivity contribution in [3.63, 3.8) is 0 Å². The second-order valence-electron chi connectivity index (χ2n) is 4.07. The summed E-state index contributed by atoms with van der Waals surface area (Å²) in [5, 5.41) is 45.5. The van der Waals surface area contributed by atoms with Gasteiger partial charge in [-0.05, 0) is 19.3 Å². The third kappa shape index (κ3) is 4.08. The van der Waals surface area contributed by atoms with Crippen LogP contribution in [0.4, 0.5) is 0 Å². The molecule has 0 saturated heterocycles. The van der Waals surface area contributed by atoms with Crippen LogP contribution in [-0.4, -0.2) is 57.9 Å². The van der Waals surface area contributed by atoms with E-state index in [1.165, 1.54) is 13.0 Å². The van der Waals surface area contributed by atoms with Crippen LogP contribution in [0.5, 0.6) is 0 Å². The molecule has 1 atom stereocenters. The van der Waals surface area contributed by atoms with Crippen LogP contribution < -0.4 is 0 Å². The first-order valence-electron chi connectivity index (χ1n) is 5.33. The molecular weight excluding hydrogens is 228 g/mol. The van der Waals surface area contributed by atoms with Crippen molar-refractivity contribution in [2.45, 2.75) is 13.3 Å². The van der Waals surface area contributed by atoms with E-state index in [-0.39, 0.29) is 25.2 Å². The molecule has 6 nitrogen and oxygen atoms in total. The van der Waals surface area contributed by atoms with Crippen LogP contribution in [0, 0.1) is 11.3 Å². The average Bonchev–Trinajstić information content (AvgIpc) is 2.33. The molecule has 0 radical (unpaired) electrons. The molecule has 100 valence electrons. The topological polar surface area (TPSA) is 118 Å². The van der Waals surface area contributed by atoms with Crippen LogP contribution in [-0.2, 0) is 4.79 Å². The number of aliphatic hydroxyl groups is 4. The largest absolute Gasteiger partial charge is 0.478 e. The lowest BCUT2D eigenvalue weighted by Gasteiger charge is -2.34. The highest BCUT2D eigenvalue weighted by atomic mass is 16.4. The van der Waals surface area contributed by atoms with Gasteiger partial charge < -0.3 is 25.5 Å². The number of carboxylic acid groups (broad SMARTS) is 1. The summed E-state index contributed by atoms with van der Waals surface area (Å²) in [7, 11) is 0. The van der Waals surface area contributed by atoms with E-state index in [1.54, 1.807) is 0 Å². The third-order valence-corrected chi connectivity index (χ3v) is 2.94. The molecule has 17 heavy (non-hydrogen) atoms. The lowest BCUT2D eigenvalue weighted by molar-refractivity contribution is -0.132. The minimum Gasteiger partial charge on any atom is -0.478 e. The van der Waals surface area contributed by atoms with Gasteiger partial charge in [-0.1, -0.05) is 6.08 Å². The Balaban J connectivity index is 5.26. The lowest BCUT2D eigenvalue weighted by atomic mass is 9.74. The van der Waals surface area contributed by atoms with Crippen molar-refractivity contribution in [1.29, 1.82) is 0 Å². The molecule has 0 aliphatic carbocycles. The van der Waals surface area contributed by atoms with Crippen molar-refractivity contribution in [1.82, 2.24) is 0 Å². The summed E-state index contributed by atoms with van der Waals surface area (Å²) in [6.45, 7) is -0.230. The zero-order valence-electron chi connectivity index (χ0n) is 9.83. The Morgan fingerprint density at radius 1 is 1.24 bits per heavy atom. The van der Waals surface area contributed by atoms with E-state index in [0.717, 1.165) is 0 Å². The van der Waals surface area contributed by atoms with E-state index in [0.29, 0.717) is 0 Å². The minimum absolute atomic E-state index is 0.0236. The maximum Gasteiger partial charge on any atom is 0.330 e. The summed E-state index contributed by atoms with van der Waals surface area (Å²) < 4.78 is 0. The highest BCUT2D eigenvalue weighted by Crippen LogP contribution is 2.32. The Kier molecular flexibility index (Phi) is 6.98. The highest BCUT2D eigenvalue weighted by molar-refractivity contribution is 5.85. The summed E-state index contributed by atoms with van der Waals surface area (Å²) in [5.74, 6) is -1.76. The van der Waals surface area contributed by atoms with Crippen molar-refractivity contribution in [2.24, 2.45) is 11.3 Å². The normalized spacial score (nSPS) is 14.8. The maximum absolute atomic E-state index is 10.7. The zero-order chi connectivity index (χ0) is 13.5. The summed E-state index contributed by atoms with van der Waals surface area (Å²) in [6, 6.07) is 0. The van der Waals surface area contributed by atoms with Gasteiger partial charge in [0, 0.05) is 24.2 Å². The lowest BCUT2D eigenvalue weighted by Crippen LogP contribution is -2.39. The van der Waals surface area contributed by atoms with Crippen LogP contribution in [0.1, 0.15) is 13.3 Å². The molecular formula is C11H20O6. The number of carbonyl (C=O) groups is 1. The smallest absolute Gasteiger partial charge is 0.330 e. The van der Waals surface area contributed by atoms with Crippen LogP contribution in [0.25, 0.3) is 0 Å². The molecule has 5 N–H and O–H groups in total. The van der Waals surface area contributed by atoms with Gasteiger partial charge in [-0.3, -0.25) is 0 Å².